The smallest absolute Gasteiger partial charge is 0.289 e. The second-order valence-electron chi connectivity index (χ2n) is 6.04. The normalized spacial score (nSPS) is 12.0. The van der Waals surface area contributed by atoms with E-state index in [2.05, 4.69) is 9.97 Å². The Morgan fingerprint density at radius 2 is 1.82 bits per heavy atom. The van der Waals surface area contributed by atoms with Gasteiger partial charge in [0.15, 0.2) is 0 Å². The minimum Gasteiger partial charge on any atom is -0.755 e. The molecule has 0 N–H and O–H groups in total. The molecule has 28 heavy (non-hydrogen) atoms. The fourth-order valence-corrected chi connectivity index (χ4v) is 3.50. The largest absolute Gasteiger partial charge is 0.755 e. The van der Waals surface area contributed by atoms with Crippen molar-refractivity contribution in [2.24, 2.45) is 0 Å². The summed E-state index contributed by atoms with van der Waals surface area (Å²) in [7, 11) is 0. The van der Waals surface area contributed by atoms with E-state index in [0.29, 0.717) is 22.2 Å². The summed E-state index contributed by atoms with van der Waals surface area (Å²) < 4.78 is 25.7. The molecule has 1 amide bonds. The lowest BCUT2D eigenvalue weighted by molar-refractivity contribution is 0.100. The predicted molar refractivity (Wildman–Crippen MR) is 107 cm³/mol. The van der Waals surface area contributed by atoms with E-state index in [9.17, 15) is 13.6 Å². The van der Waals surface area contributed by atoms with Gasteiger partial charge >= 0.3 is 0 Å². The molecule has 0 aliphatic rings. The molecule has 0 bridgehead atoms. The summed E-state index contributed by atoms with van der Waals surface area (Å²) in [5, 5.41) is 0.522. The fourth-order valence-electron chi connectivity index (χ4n) is 2.57. The molecule has 0 radical (unpaired) electrons. The van der Waals surface area contributed by atoms with Crippen LogP contribution in [0.15, 0.2) is 42.6 Å². The quantitative estimate of drug-likeness (QED) is 0.448. The number of hydrogen-bond donors (Lipinski definition) is 0. The maximum Gasteiger partial charge on any atom is 0.289 e. The first-order valence-corrected chi connectivity index (χ1v) is 9.90. The lowest BCUT2D eigenvalue weighted by Crippen LogP contribution is -2.32. The maximum absolute atomic E-state index is 12.8. The Hall–Kier alpha value is -2.26. The van der Waals surface area contributed by atoms with E-state index >= 15 is 0 Å². The highest BCUT2D eigenvalue weighted by molar-refractivity contribution is 7.81. The van der Waals surface area contributed by atoms with Gasteiger partial charge < -0.3 is 9.12 Å². The monoisotopic (exact) mass is 437 g/mol. The lowest BCUT2D eigenvalue weighted by Gasteiger charge is -2.23. The molecule has 0 spiro atoms. The van der Waals surface area contributed by atoms with Crippen LogP contribution in [0.5, 0.6) is 0 Å². The summed E-state index contributed by atoms with van der Waals surface area (Å²) in [5.41, 5.74) is 1.87. The van der Waals surface area contributed by atoms with Gasteiger partial charge in [-0.15, -0.1) is 0 Å². The first-order valence-electron chi connectivity index (χ1n) is 8.11. The number of halogens is 2. The summed E-state index contributed by atoms with van der Waals surface area (Å²) in [4.78, 5) is 21.0. The summed E-state index contributed by atoms with van der Waals surface area (Å²) in [6.07, 6.45) is 1.48. The number of carbonyl (C=O) groups excluding carboxylic acids is 1. The van der Waals surface area contributed by atoms with E-state index in [4.69, 9.17) is 23.2 Å². The Balaban J connectivity index is 1.90. The third-order valence-corrected chi connectivity index (χ3v) is 5.24. The van der Waals surface area contributed by atoms with Gasteiger partial charge in [-0.2, -0.15) is 0 Å². The predicted octanol–water partition coefficient (Wildman–Crippen LogP) is 3.69. The Kier molecular flexibility index (Phi) is 6.14. The van der Waals surface area contributed by atoms with Crippen molar-refractivity contribution in [2.75, 3.05) is 4.31 Å². The summed E-state index contributed by atoms with van der Waals surface area (Å²) >= 11 is 9.11. The zero-order chi connectivity index (χ0) is 20.4. The van der Waals surface area contributed by atoms with Gasteiger partial charge in [-0.25, -0.2) is 14.3 Å². The first kappa shape index (κ1) is 20.5. The molecule has 1 aromatic carbocycles. The number of amides is 1. The van der Waals surface area contributed by atoms with Crippen LogP contribution in [0.25, 0.3) is 0 Å². The molecule has 7 nitrogen and oxygen atoms in total. The number of anilines is 1. The van der Waals surface area contributed by atoms with Gasteiger partial charge in [0, 0.05) is 11.8 Å². The van der Waals surface area contributed by atoms with Crippen LogP contribution in [0.1, 0.15) is 27.4 Å². The maximum atomic E-state index is 12.8. The molecule has 0 fully saturated rings. The van der Waals surface area contributed by atoms with Gasteiger partial charge in [-0.05, 0) is 32.0 Å². The topological polar surface area (TPSA) is 91.2 Å². The van der Waals surface area contributed by atoms with Crippen LogP contribution in [0, 0.1) is 13.8 Å². The van der Waals surface area contributed by atoms with Crippen molar-refractivity contribution >= 4 is 46.1 Å². The van der Waals surface area contributed by atoms with Crippen molar-refractivity contribution in [1.29, 1.82) is 0 Å². The minimum absolute atomic E-state index is 0.000296. The number of nitrogens with zero attached hydrogens (tertiary/aromatic N) is 4. The van der Waals surface area contributed by atoms with Crippen molar-refractivity contribution in [2.45, 2.75) is 20.4 Å². The molecular formula is C18H15Cl2N4O3S-. The van der Waals surface area contributed by atoms with E-state index in [1.54, 1.807) is 47.9 Å². The summed E-state index contributed by atoms with van der Waals surface area (Å²) in [6, 6.07) is 9.91. The number of aryl methyl sites for hydroxylation is 2. The molecule has 10 heteroatoms. The van der Waals surface area contributed by atoms with Gasteiger partial charge in [0.25, 0.3) is 5.91 Å². The Morgan fingerprint density at radius 1 is 1.14 bits per heavy atom. The third-order valence-electron chi connectivity index (χ3n) is 4.03. The molecule has 0 aliphatic carbocycles. The summed E-state index contributed by atoms with van der Waals surface area (Å²) in [6.45, 7) is 3.88. The highest BCUT2D eigenvalue weighted by Crippen LogP contribution is 2.21. The van der Waals surface area contributed by atoms with Gasteiger partial charge in [0.05, 0.1) is 23.5 Å². The molecule has 0 aliphatic heterocycles. The molecule has 3 aromatic rings. The van der Waals surface area contributed by atoms with Crippen molar-refractivity contribution in [3.05, 3.63) is 75.5 Å². The third kappa shape index (κ3) is 4.41. The molecule has 3 rings (SSSR count). The number of pyridine rings is 1. The lowest BCUT2D eigenvalue weighted by atomic mass is 10.2. The summed E-state index contributed by atoms with van der Waals surface area (Å²) in [5.74, 6) is -0.228. The van der Waals surface area contributed by atoms with Crippen LogP contribution >= 0.6 is 23.2 Å². The van der Waals surface area contributed by atoms with Crippen LogP contribution in [0.4, 0.5) is 5.69 Å². The molecule has 0 saturated carbocycles. The highest BCUT2D eigenvalue weighted by atomic mass is 35.5. The number of carbonyl (C=O) groups is 1. The van der Waals surface area contributed by atoms with Crippen LogP contribution in [0.3, 0.4) is 0 Å². The standard InChI is InChI=1S/C18H16Cl2N4O3S/c1-11-3-6-14(7-4-11)24(28(26)27)18(25)15-10-23(12(2)21-15)9-13-5-8-16(19)22-17(13)20/h3-8,10H,9H2,1-2H3,(H,26,27)/p-1. The zero-order valence-corrected chi connectivity index (χ0v) is 17.3. The van der Waals surface area contributed by atoms with Crippen molar-refractivity contribution in [3.63, 3.8) is 0 Å². The Morgan fingerprint density at radius 3 is 2.43 bits per heavy atom. The number of rotatable bonds is 5. The van der Waals surface area contributed by atoms with Gasteiger partial charge in [-0.1, -0.05) is 47.0 Å². The SMILES string of the molecule is Cc1ccc(N(C(=O)c2cn(Cc3ccc(Cl)nc3Cl)c(C)n2)S(=O)[O-])cc1. The molecular weight excluding hydrogens is 423 g/mol. The highest BCUT2D eigenvalue weighted by Gasteiger charge is 2.22. The van der Waals surface area contributed by atoms with Crippen LogP contribution in [-0.2, 0) is 17.8 Å². The molecule has 2 aromatic heterocycles. The van der Waals surface area contributed by atoms with Crippen LogP contribution < -0.4 is 4.31 Å². The second kappa shape index (κ2) is 8.40. The van der Waals surface area contributed by atoms with Crippen molar-refractivity contribution in [3.8, 4) is 0 Å². The van der Waals surface area contributed by atoms with Gasteiger partial charge in [0.1, 0.15) is 21.8 Å². The van der Waals surface area contributed by atoms with Gasteiger partial charge in [-0.3, -0.25) is 9.00 Å². The van der Waals surface area contributed by atoms with E-state index in [1.807, 2.05) is 6.92 Å². The van der Waals surface area contributed by atoms with Gasteiger partial charge in [0.2, 0.25) is 0 Å². The molecule has 0 saturated heterocycles. The molecule has 2 heterocycles. The molecule has 1 unspecified atom stereocenters. The fraction of sp³-hybridized carbons (Fsp3) is 0.167. The Labute approximate surface area is 174 Å². The molecule has 146 valence electrons. The van der Waals surface area contributed by atoms with Crippen molar-refractivity contribution in [1.82, 2.24) is 14.5 Å². The Bertz CT molecular complexity index is 1050. The number of imidazole rings is 1. The average molecular weight is 438 g/mol. The first-order chi connectivity index (χ1) is 13.3. The number of hydrogen-bond acceptors (Lipinski definition) is 5. The van der Waals surface area contributed by atoms with E-state index in [0.717, 1.165) is 5.56 Å². The second-order valence-corrected chi connectivity index (χ2v) is 7.58. The van der Waals surface area contributed by atoms with E-state index < -0.39 is 17.2 Å². The number of benzene rings is 1. The zero-order valence-electron chi connectivity index (χ0n) is 14.9. The molecule has 1 atom stereocenters. The van der Waals surface area contributed by atoms with Crippen LogP contribution in [0.2, 0.25) is 10.3 Å². The minimum atomic E-state index is -2.79. The van der Waals surface area contributed by atoms with Crippen LogP contribution in [-0.4, -0.2) is 29.2 Å². The van der Waals surface area contributed by atoms with E-state index in [-0.39, 0.29) is 21.7 Å². The van der Waals surface area contributed by atoms with E-state index in [1.165, 1.54) is 6.20 Å². The van der Waals surface area contributed by atoms with Crippen molar-refractivity contribution < 1.29 is 13.6 Å². The number of aromatic nitrogens is 3. The average Bonchev–Trinajstić information content (AvgIpc) is 2.99.